The average molecular weight is 305 g/mol. The number of aliphatic imine (C=N–C) groups is 2. The van der Waals surface area contributed by atoms with Gasteiger partial charge in [0.15, 0.2) is 0 Å². The molecule has 0 bridgehead atoms. The van der Waals surface area contributed by atoms with Gasteiger partial charge < -0.3 is 0 Å². The molecule has 0 radical (unpaired) electrons. The Hall–Kier alpha value is -2.33. The largest absolute Gasteiger partial charge is 0.281 e. The summed E-state index contributed by atoms with van der Waals surface area (Å²) >= 11 is 1.71. The van der Waals surface area contributed by atoms with Gasteiger partial charge >= 0.3 is 0 Å². The van der Waals surface area contributed by atoms with Crippen LogP contribution in [0.5, 0.6) is 0 Å². The Morgan fingerprint density at radius 1 is 1.14 bits per heavy atom. The molecular weight excluding hydrogens is 290 g/mol. The average Bonchev–Trinajstić information content (AvgIpc) is 3.15. The molecule has 108 valence electrons. The zero-order valence-corrected chi connectivity index (χ0v) is 13.1. The summed E-state index contributed by atoms with van der Waals surface area (Å²) in [5, 5.41) is 1.05. The van der Waals surface area contributed by atoms with Crippen LogP contribution in [0.25, 0.3) is 10.2 Å². The van der Waals surface area contributed by atoms with Gasteiger partial charge in [0.1, 0.15) is 5.01 Å². The second-order valence-electron chi connectivity index (χ2n) is 5.34. The van der Waals surface area contributed by atoms with Crippen molar-refractivity contribution >= 4 is 38.7 Å². The Kier molecular flexibility index (Phi) is 3.31. The van der Waals surface area contributed by atoms with Crippen molar-refractivity contribution in [2.75, 3.05) is 0 Å². The molecule has 4 rings (SSSR count). The van der Waals surface area contributed by atoms with Crippen molar-refractivity contribution in [2.45, 2.75) is 19.9 Å². The summed E-state index contributed by atoms with van der Waals surface area (Å²) in [7, 11) is 0. The SMILES string of the molecule is CC(=NCc1nc2ccccc2s1)C1=Nc2ccccc2C1. The van der Waals surface area contributed by atoms with Gasteiger partial charge in [-0.05, 0) is 30.7 Å². The van der Waals surface area contributed by atoms with Gasteiger partial charge in [0.2, 0.25) is 0 Å². The molecule has 0 spiro atoms. The summed E-state index contributed by atoms with van der Waals surface area (Å²) in [6.07, 6.45) is 0.880. The lowest BCUT2D eigenvalue weighted by molar-refractivity contribution is 1.05. The van der Waals surface area contributed by atoms with E-state index in [-0.39, 0.29) is 0 Å². The number of aromatic nitrogens is 1. The number of nitrogens with zero attached hydrogens (tertiary/aromatic N) is 3. The first-order valence-electron chi connectivity index (χ1n) is 7.31. The Balaban J connectivity index is 1.54. The van der Waals surface area contributed by atoms with Crippen molar-refractivity contribution in [2.24, 2.45) is 9.98 Å². The molecule has 0 N–H and O–H groups in total. The lowest BCUT2D eigenvalue weighted by Gasteiger charge is -1.98. The van der Waals surface area contributed by atoms with Crippen LogP contribution in [-0.4, -0.2) is 16.4 Å². The minimum Gasteiger partial charge on any atom is -0.281 e. The van der Waals surface area contributed by atoms with Crippen LogP contribution >= 0.6 is 11.3 Å². The van der Waals surface area contributed by atoms with E-state index in [9.17, 15) is 0 Å². The van der Waals surface area contributed by atoms with Crippen molar-refractivity contribution in [3.8, 4) is 0 Å². The van der Waals surface area contributed by atoms with Crippen LogP contribution in [0.15, 0.2) is 58.5 Å². The predicted molar refractivity (Wildman–Crippen MR) is 93.7 cm³/mol. The van der Waals surface area contributed by atoms with Gasteiger partial charge in [-0.1, -0.05) is 30.3 Å². The number of hydrogen-bond acceptors (Lipinski definition) is 4. The van der Waals surface area contributed by atoms with Crippen LogP contribution in [-0.2, 0) is 13.0 Å². The number of hydrogen-bond donors (Lipinski definition) is 0. The molecule has 1 aliphatic heterocycles. The Bertz CT molecular complexity index is 872. The van der Waals surface area contributed by atoms with Gasteiger partial charge in [0.25, 0.3) is 0 Å². The van der Waals surface area contributed by atoms with Crippen LogP contribution in [0.3, 0.4) is 0 Å². The van der Waals surface area contributed by atoms with E-state index in [1.165, 1.54) is 10.3 Å². The molecule has 22 heavy (non-hydrogen) atoms. The summed E-state index contributed by atoms with van der Waals surface area (Å²) in [6, 6.07) is 16.5. The van der Waals surface area contributed by atoms with Gasteiger partial charge in [-0.3, -0.25) is 9.98 Å². The van der Waals surface area contributed by atoms with Crippen molar-refractivity contribution in [1.82, 2.24) is 4.98 Å². The maximum Gasteiger partial charge on any atom is 0.115 e. The Morgan fingerprint density at radius 2 is 1.95 bits per heavy atom. The van der Waals surface area contributed by atoms with Crippen LogP contribution < -0.4 is 0 Å². The van der Waals surface area contributed by atoms with Crippen LogP contribution in [0.1, 0.15) is 17.5 Å². The minimum absolute atomic E-state index is 0.626. The maximum atomic E-state index is 4.69. The van der Waals surface area contributed by atoms with E-state index in [2.05, 4.69) is 39.2 Å². The van der Waals surface area contributed by atoms with Gasteiger partial charge in [-0.25, -0.2) is 4.98 Å². The molecule has 0 aliphatic carbocycles. The topological polar surface area (TPSA) is 37.6 Å². The lowest BCUT2D eigenvalue weighted by Crippen LogP contribution is -2.10. The molecule has 3 aromatic rings. The molecular formula is C18H15N3S. The zero-order chi connectivity index (χ0) is 14.9. The van der Waals surface area contributed by atoms with E-state index in [1.54, 1.807) is 11.3 Å². The number of benzene rings is 2. The molecule has 0 saturated heterocycles. The zero-order valence-electron chi connectivity index (χ0n) is 12.3. The first-order chi connectivity index (χ1) is 10.8. The van der Waals surface area contributed by atoms with Crippen molar-refractivity contribution in [3.05, 3.63) is 59.1 Å². The van der Waals surface area contributed by atoms with Crippen molar-refractivity contribution < 1.29 is 0 Å². The molecule has 1 aliphatic rings. The fourth-order valence-electron chi connectivity index (χ4n) is 2.61. The first-order valence-corrected chi connectivity index (χ1v) is 8.12. The van der Waals surface area contributed by atoms with Crippen LogP contribution in [0.2, 0.25) is 0 Å². The predicted octanol–water partition coefficient (Wildman–Crippen LogP) is 4.59. The van der Waals surface area contributed by atoms with E-state index in [4.69, 9.17) is 0 Å². The van der Waals surface area contributed by atoms with Crippen LogP contribution in [0.4, 0.5) is 5.69 Å². The second-order valence-corrected chi connectivity index (χ2v) is 6.46. The molecule has 3 nitrogen and oxygen atoms in total. The molecule has 0 saturated carbocycles. The fraction of sp³-hybridized carbons (Fsp3) is 0.167. The lowest BCUT2D eigenvalue weighted by atomic mass is 10.1. The first kappa shape index (κ1) is 13.3. The highest BCUT2D eigenvalue weighted by Crippen LogP contribution is 2.26. The number of fused-ring (bicyclic) bond motifs is 2. The summed E-state index contributed by atoms with van der Waals surface area (Å²) in [4.78, 5) is 14.0. The highest BCUT2D eigenvalue weighted by molar-refractivity contribution is 7.18. The van der Waals surface area contributed by atoms with Crippen LogP contribution in [0, 0.1) is 0 Å². The second kappa shape index (κ2) is 5.46. The monoisotopic (exact) mass is 305 g/mol. The highest BCUT2D eigenvalue weighted by Gasteiger charge is 2.15. The third-order valence-electron chi connectivity index (χ3n) is 3.81. The summed E-state index contributed by atoms with van der Waals surface area (Å²) in [6.45, 7) is 2.67. The number of rotatable bonds is 3. The number of thiazole rings is 1. The normalized spacial score (nSPS) is 14.2. The van der Waals surface area contributed by atoms with Gasteiger partial charge in [0, 0.05) is 6.42 Å². The van der Waals surface area contributed by atoms with Gasteiger partial charge in [-0.15, -0.1) is 11.3 Å². The standard InChI is InChI=1S/C18H15N3S/c1-12(16-10-13-6-2-3-7-14(13)20-16)19-11-18-21-15-8-4-5-9-17(15)22-18/h2-9H,10-11H2,1H3. The van der Waals surface area contributed by atoms with E-state index in [1.807, 2.05) is 31.2 Å². The quantitative estimate of drug-likeness (QED) is 0.652. The summed E-state index contributed by atoms with van der Waals surface area (Å²) in [5.41, 5.74) is 5.50. The van der Waals surface area contributed by atoms with E-state index < -0.39 is 0 Å². The fourth-order valence-corrected chi connectivity index (χ4v) is 3.50. The Morgan fingerprint density at radius 3 is 2.82 bits per heavy atom. The van der Waals surface area contributed by atoms with E-state index in [0.717, 1.165) is 34.1 Å². The van der Waals surface area contributed by atoms with Crippen molar-refractivity contribution in [3.63, 3.8) is 0 Å². The smallest absolute Gasteiger partial charge is 0.115 e. The molecule has 4 heteroatoms. The summed E-state index contributed by atoms with van der Waals surface area (Å²) in [5.74, 6) is 0. The van der Waals surface area contributed by atoms with Crippen molar-refractivity contribution in [1.29, 1.82) is 0 Å². The third-order valence-corrected chi connectivity index (χ3v) is 4.83. The molecule has 0 unspecified atom stereocenters. The molecule has 0 atom stereocenters. The molecule has 2 aromatic carbocycles. The molecule has 1 aromatic heterocycles. The number of para-hydroxylation sites is 2. The molecule has 2 heterocycles. The Labute approximate surface area is 133 Å². The summed E-state index contributed by atoms with van der Waals surface area (Å²) < 4.78 is 1.22. The maximum absolute atomic E-state index is 4.69. The molecule has 0 amide bonds. The van der Waals surface area contributed by atoms with Gasteiger partial charge in [-0.2, -0.15) is 0 Å². The minimum atomic E-state index is 0.626. The van der Waals surface area contributed by atoms with E-state index in [0.29, 0.717) is 6.54 Å². The molecule has 0 fully saturated rings. The highest BCUT2D eigenvalue weighted by atomic mass is 32.1. The third kappa shape index (κ3) is 2.46. The van der Waals surface area contributed by atoms with Gasteiger partial charge in [0.05, 0.1) is 33.9 Å². The van der Waals surface area contributed by atoms with E-state index >= 15 is 0 Å².